The fraction of sp³-hybridized carbons (Fsp3) is 0.762. The number of carbonyl (C=O) groups excluding carboxylic acids is 3. The first-order valence-electron chi connectivity index (χ1n) is 10.8. The molecule has 0 aliphatic carbocycles. The highest BCUT2D eigenvalue weighted by Gasteiger charge is 2.34. The van der Waals surface area contributed by atoms with E-state index in [2.05, 4.69) is 5.32 Å². The molecule has 11 nitrogen and oxygen atoms in total. The van der Waals surface area contributed by atoms with Crippen molar-refractivity contribution in [1.82, 2.24) is 10.2 Å². The summed E-state index contributed by atoms with van der Waals surface area (Å²) in [5.41, 5.74) is -0.712. The van der Waals surface area contributed by atoms with Crippen LogP contribution in [0.15, 0.2) is 12.3 Å². The molecule has 0 saturated carbocycles. The van der Waals surface area contributed by atoms with Crippen molar-refractivity contribution in [1.29, 1.82) is 0 Å². The molecule has 1 rings (SSSR count). The van der Waals surface area contributed by atoms with Gasteiger partial charge in [-0.05, 0) is 46.0 Å². The number of nitrogens with one attached hydrogen (secondary N) is 1. The number of rotatable bonds is 14. The van der Waals surface area contributed by atoms with E-state index in [1.54, 1.807) is 20.8 Å². The van der Waals surface area contributed by atoms with E-state index in [0.29, 0.717) is 25.7 Å². The van der Waals surface area contributed by atoms with Gasteiger partial charge >= 0.3 is 13.6 Å². The molecule has 190 valence electrons. The molecule has 0 aromatic rings. The predicted octanol–water partition coefficient (Wildman–Crippen LogP) is 2.61. The molecule has 1 fully saturated rings. The Hall–Kier alpha value is -1.78. The van der Waals surface area contributed by atoms with Gasteiger partial charge in [-0.2, -0.15) is 0 Å². The molecule has 0 aromatic heterocycles. The van der Waals surface area contributed by atoms with E-state index in [9.17, 15) is 18.9 Å². The van der Waals surface area contributed by atoms with Gasteiger partial charge in [-0.25, -0.2) is 0 Å². The number of methoxy groups -OCH3 is 1. The van der Waals surface area contributed by atoms with E-state index in [1.165, 1.54) is 31.3 Å². The molecule has 1 aliphatic heterocycles. The lowest BCUT2D eigenvalue weighted by Crippen LogP contribution is -2.31. The maximum absolute atomic E-state index is 13.1. The zero-order valence-corrected chi connectivity index (χ0v) is 21.2. The van der Waals surface area contributed by atoms with E-state index in [-0.39, 0.29) is 30.9 Å². The summed E-state index contributed by atoms with van der Waals surface area (Å²) < 4.78 is 39.5. The minimum absolute atomic E-state index is 0.0217. The van der Waals surface area contributed by atoms with Crippen LogP contribution in [0.3, 0.4) is 0 Å². The molecule has 12 heteroatoms. The molecule has 2 amide bonds. The fourth-order valence-corrected chi connectivity index (χ4v) is 4.48. The van der Waals surface area contributed by atoms with E-state index in [1.807, 2.05) is 6.92 Å². The molecular weight excluding hydrogens is 455 g/mol. The van der Waals surface area contributed by atoms with Crippen LogP contribution in [0.2, 0.25) is 0 Å². The maximum atomic E-state index is 13.1. The Morgan fingerprint density at radius 2 is 1.91 bits per heavy atom. The highest BCUT2D eigenvalue weighted by atomic mass is 31.2. The average molecular weight is 493 g/mol. The van der Waals surface area contributed by atoms with Gasteiger partial charge in [0.2, 0.25) is 19.1 Å². The van der Waals surface area contributed by atoms with Crippen LogP contribution in [-0.4, -0.2) is 69.4 Å². The minimum atomic E-state index is -3.58. The van der Waals surface area contributed by atoms with Crippen molar-refractivity contribution in [3.05, 3.63) is 12.3 Å². The van der Waals surface area contributed by atoms with Crippen molar-refractivity contribution >= 4 is 25.9 Å². The van der Waals surface area contributed by atoms with Gasteiger partial charge in [0.1, 0.15) is 6.23 Å². The van der Waals surface area contributed by atoms with E-state index >= 15 is 0 Å². The van der Waals surface area contributed by atoms with E-state index < -0.39 is 32.0 Å². The monoisotopic (exact) mass is 492 g/mol. The van der Waals surface area contributed by atoms with E-state index in [4.69, 9.17) is 23.3 Å². The minimum Gasteiger partial charge on any atom is -0.438 e. The molecule has 4 atom stereocenters. The summed E-state index contributed by atoms with van der Waals surface area (Å²) >= 11 is 0. The summed E-state index contributed by atoms with van der Waals surface area (Å²) in [5, 5.41) is 2.44. The van der Waals surface area contributed by atoms with Crippen LogP contribution in [0.25, 0.3) is 0 Å². The maximum Gasteiger partial charge on any atom is 0.335 e. The third kappa shape index (κ3) is 10.4. The van der Waals surface area contributed by atoms with Crippen LogP contribution in [0.5, 0.6) is 0 Å². The number of amides is 2. The van der Waals surface area contributed by atoms with Gasteiger partial charge in [0, 0.05) is 26.4 Å². The number of ether oxygens (including phenoxy) is 3. The van der Waals surface area contributed by atoms with Crippen LogP contribution in [-0.2, 0) is 42.2 Å². The lowest BCUT2D eigenvalue weighted by molar-refractivity contribution is -0.160. The van der Waals surface area contributed by atoms with Crippen molar-refractivity contribution in [3.63, 3.8) is 0 Å². The van der Waals surface area contributed by atoms with Gasteiger partial charge < -0.3 is 19.5 Å². The molecule has 33 heavy (non-hydrogen) atoms. The van der Waals surface area contributed by atoms with E-state index in [0.717, 1.165) is 0 Å². The summed E-state index contributed by atoms with van der Waals surface area (Å²) in [6, 6.07) is 0. The summed E-state index contributed by atoms with van der Waals surface area (Å²) in [4.78, 5) is 35.9. The topological polar surface area (TPSA) is 130 Å². The van der Waals surface area contributed by atoms with Gasteiger partial charge in [-0.1, -0.05) is 6.92 Å². The molecular formula is C21H37N2O9P. The first kappa shape index (κ1) is 29.3. The lowest BCUT2D eigenvalue weighted by Gasteiger charge is -2.25. The quantitative estimate of drug-likeness (QED) is 0.128. The zero-order chi connectivity index (χ0) is 25.1. The Morgan fingerprint density at radius 1 is 1.24 bits per heavy atom. The second-order valence-electron chi connectivity index (χ2n) is 8.75. The fourth-order valence-electron chi connectivity index (χ4n) is 2.94. The molecule has 1 heterocycles. The normalized spacial score (nSPS) is 21.4. The number of hydrogen-bond donors (Lipinski definition) is 1. The molecule has 0 radical (unpaired) electrons. The van der Waals surface area contributed by atoms with Crippen LogP contribution in [0.4, 0.5) is 0 Å². The average Bonchev–Trinajstić information content (AvgIpc) is 3.26. The summed E-state index contributed by atoms with van der Waals surface area (Å²) in [7, 11) is -0.690. The summed E-state index contributed by atoms with van der Waals surface area (Å²) in [6.07, 6.45) is 4.38. The van der Waals surface area contributed by atoms with Crippen LogP contribution in [0, 0.1) is 11.3 Å². The Bertz CT molecular complexity index is 723. The number of esters is 1. The van der Waals surface area contributed by atoms with Gasteiger partial charge in [-0.3, -0.25) is 32.9 Å². The van der Waals surface area contributed by atoms with Crippen LogP contribution < -0.4 is 5.32 Å². The molecule has 4 unspecified atom stereocenters. The van der Waals surface area contributed by atoms with Crippen molar-refractivity contribution in [2.75, 3.05) is 33.9 Å². The summed E-state index contributed by atoms with van der Waals surface area (Å²) in [6.45, 7) is 6.33. The third-order valence-electron chi connectivity index (χ3n) is 5.04. The van der Waals surface area contributed by atoms with Gasteiger partial charge in [0.25, 0.3) is 0 Å². The highest BCUT2D eigenvalue weighted by molar-refractivity contribution is 7.53. The first-order chi connectivity index (χ1) is 15.5. The SMILES string of the molecule is CNC(=O)/C=C\N(C=O)C1CCC(C(C)CCP(=O)(OCOC)OCOC(=O)C(C)(C)C)O1. The molecule has 1 N–H and O–H groups in total. The molecule has 0 spiro atoms. The standard InChI is InChI=1S/C21H37N2O9P/c1-16(17-7-8-19(32-17)23(13-24)11-9-18(25)22-5)10-12-33(27,30-14-28-6)31-15-29-20(26)21(2,3)4/h9,11,13,16-17,19H,7-8,10,12,14-15H2,1-6H3,(H,22,25)/b11-9-. The molecule has 0 aromatic carbocycles. The van der Waals surface area contributed by atoms with Gasteiger partial charge in [0.15, 0.2) is 6.79 Å². The predicted molar refractivity (Wildman–Crippen MR) is 120 cm³/mol. The number of hydrogen-bond acceptors (Lipinski definition) is 9. The molecule has 1 saturated heterocycles. The molecule has 1 aliphatic rings. The number of carbonyl (C=O) groups is 3. The van der Waals surface area contributed by atoms with Crippen molar-refractivity contribution in [3.8, 4) is 0 Å². The largest absolute Gasteiger partial charge is 0.438 e. The van der Waals surface area contributed by atoms with Crippen molar-refractivity contribution in [2.24, 2.45) is 11.3 Å². The first-order valence-corrected chi connectivity index (χ1v) is 12.5. The van der Waals surface area contributed by atoms with Crippen LogP contribution >= 0.6 is 7.60 Å². The number of nitrogens with zero attached hydrogens (tertiary/aromatic N) is 1. The second-order valence-corrected chi connectivity index (χ2v) is 10.9. The second kappa shape index (κ2) is 13.8. The molecule has 0 bridgehead atoms. The Balaban J connectivity index is 2.62. The van der Waals surface area contributed by atoms with Crippen molar-refractivity contribution < 1.29 is 42.2 Å². The van der Waals surface area contributed by atoms with Gasteiger partial charge in [0.05, 0.1) is 17.7 Å². The lowest BCUT2D eigenvalue weighted by atomic mass is 9.98. The van der Waals surface area contributed by atoms with Crippen LogP contribution in [0.1, 0.15) is 47.0 Å². The zero-order valence-electron chi connectivity index (χ0n) is 20.3. The Kier molecular flexibility index (Phi) is 12.2. The smallest absolute Gasteiger partial charge is 0.335 e. The highest BCUT2D eigenvalue weighted by Crippen LogP contribution is 2.49. The third-order valence-corrected chi connectivity index (χ3v) is 6.84. The number of likely N-dealkylation sites (N-methyl/N-ethyl adjacent to an activating group) is 1. The summed E-state index contributed by atoms with van der Waals surface area (Å²) in [5.74, 6) is -0.832. The van der Waals surface area contributed by atoms with Crippen molar-refractivity contribution in [2.45, 2.75) is 59.3 Å². The Labute approximate surface area is 195 Å². The van der Waals surface area contributed by atoms with Gasteiger partial charge in [-0.15, -0.1) is 0 Å². The Morgan fingerprint density at radius 3 is 2.48 bits per heavy atom.